The van der Waals surface area contributed by atoms with Crippen molar-refractivity contribution in [2.75, 3.05) is 46.1 Å². The zero-order valence-corrected chi connectivity index (χ0v) is 17.2. The lowest BCUT2D eigenvalue weighted by molar-refractivity contribution is -0.886. The first-order valence-electron chi connectivity index (χ1n) is 10.8. The Morgan fingerprint density at radius 2 is 2.00 bits per heavy atom. The Bertz CT molecular complexity index is 747. The van der Waals surface area contributed by atoms with Gasteiger partial charge < -0.3 is 24.0 Å². The van der Waals surface area contributed by atoms with Crippen LogP contribution in [0.4, 0.5) is 0 Å². The van der Waals surface area contributed by atoms with Crippen LogP contribution in [-0.4, -0.2) is 62.9 Å². The third kappa shape index (κ3) is 5.01. The number of hydrogen-bond donors (Lipinski definition) is 1. The van der Waals surface area contributed by atoms with Crippen molar-refractivity contribution in [3.8, 4) is 11.5 Å². The maximum absolute atomic E-state index is 13.1. The molecule has 3 aliphatic rings. The van der Waals surface area contributed by atoms with Crippen LogP contribution in [0.25, 0.3) is 0 Å². The lowest BCUT2D eigenvalue weighted by Crippen LogP contribution is -3.10. The molecule has 2 heterocycles. The molecule has 0 bridgehead atoms. The Balaban J connectivity index is 1.37. The van der Waals surface area contributed by atoms with Crippen LogP contribution >= 0.6 is 0 Å². The Hall–Kier alpha value is -2.28. The van der Waals surface area contributed by atoms with Gasteiger partial charge in [0.2, 0.25) is 12.7 Å². The molecule has 4 rings (SSSR count). The van der Waals surface area contributed by atoms with Crippen molar-refractivity contribution in [3.63, 3.8) is 0 Å². The van der Waals surface area contributed by atoms with Crippen LogP contribution in [0.5, 0.6) is 11.5 Å². The number of fused-ring (bicyclic) bond motifs is 1. The number of benzene rings is 1. The second-order valence-corrected chi connectivity index (χ2v) is 8.27. The van der Waals surface area contributed by atoms with Gasteiger partial charge in [-0.1, -0.05) is 6.07 Å². The predicted molar refractivity (Wildman–Crippen MR) is 106 cm³/mol. The number of rotatable bonds is 9. The normalized spacial score (nSPS) is 22.5. The van der Waals surface area contributed by atoms with E-state index >= 15 is 0 Å². The van der Waals surface area contributed by atoms with Crippen molar-refractivity contribution in [2.24, 2.45) is 11.8 Å². The highest BCUT2D eigenvalue weighted by atomic mass is 16.7. The topological polar surface area (TPSA) is 69.5 Å². The Morgan fingerprint density at radius 1 is 1.21 bits per heavy atom. The number of carbonyl (C=O) groups is 2. The average Bonchev–Trinajstić information content (AvgIpc) is 3.07. The van der Waals surface area contributed by atoms with Crippen LogP contribution in [0.15, 0.2) is 18.2 Å². The largest absolute Gasteiger partial charge is 0.466 e. The Morgan fingerprint density at radius 3 is 2.79 bits per heavy atom. The Kier molecular flexibility index (Phi) is 6.23. The van der Waals surface area contributed by atoms with Gasteiger partial charge in [-0.2, -0.15) is 0 Å². The molecular weight excluding hydrogens is 372 g/mol. The average molecular weight is 403 g/mol. The number of nitrogens with one attached hydrogen (secondary N) is 1. The van der Waals surface area contributed by atoms with Crippen molar-refractivity contribution < 1.29 is 28.7 Å². The molecule has 7 heteroatoms. The molecular formula is C22H31N2O5+. The van der Waals surface area contributed by atoms with E-state index in [9.17, 15) is 9.59 Å². The van der Waals surface area contributed by atoms with Crippen molar-refractivity contribution in [1.82, 2.24) is 4.90 Å². The van der Waals surface area contributed by atoms with E-state index in [4.69, 9.17) is 14.2 Å². The van der Waals surface area contributed by atoms with Crippen molar-refractivity contribution in [1.29, 1.82) is 0 Å². The standard InChI is InChI=1S/C22H30N2O5/c1-2-27-22(26)18-13-17(18)14-24(10-9-23-7-3-4-8-23)21(25)12-16-5-6-19-20(11-16)29-15-28-19/h5-6,11,17-18H,2-4,7-10,12-15H2,1H3/p+1/t17-,18+/m1/s1. The van der Waals surface area contributed by atoms with Crippen LogP contribution < -0.4 is 14.4 Å². The van der Waals surface area contributed by atoms with Crippen molar-refractivity contribution in [2.45, 2.75) is 32.6 Å². The van der Waals surface area contributed by atoms with Gasteiger partial charge in [-0.25, -0.2) is 0 Å². The summed E-state index contributed by atoms with van der Waals surface area (Å²) in [5.74, 6) is 1.60. The first-order valence-corrected chi connectivity index (χ1v) is 10.8. The maximum atomic E-state index is 13.1. The zero-order valence-electron chi connectivity index (χ0n) is 17.2. The molecule has 1 aromatic rings. The van der Waals surface area contributed by atoms with E-state index in [0.717, 1.165) is 30.8 Å². The molecule has 2 atom stereocenters. The second-order valence-electron chi connectivity index (χ2n) is 8.27. The summed E-state index contributed by atoms with van der Waals surface area (Å²) in [5, 5.41) is 0. The fourth-order valence-electron chi connectivity index (χ4n) is 4.34. The quantitative estimate of drug-likeness (QED) is 0.614. The first-order chi connectivity index (χ1) is 14.1. The number of esters is 1. The summed E-state index contributed by atoms with van der Waals surface area (Å²) in [5.41, 5.74) is 0.926. The molecule has 1 aliphatic carbocycles. The van der Waals surface area contributed by atoms with Crippen molar-refractivity contribution >= 4 is 11.9 Å². The third-order valence-corrected chi connectivity index (χ3v) is 6.16. The van der Waals surface area contributed by atoms with E-state index < -0.39 is 0 Å². The molecule has 7 nitrogen and oxygen atoms in total. The van der Waals surface area contributed by atoms with Gasteiger partial charge in [0.1, 0.15) is 0 Å². The minimum atomic E-state index is -0.120. The highest BCUT2D eigenvalue weighted by molar-refractivity contribution is 5.80. The zero-order chi connectivity index (χ0) is 20.2. The van der Waals surface area contributed by atoms with E-state index in [1.165, 1.54) is 25.9 Å². The molecule has 158 valence electrons. The highest BCUT2D eigenvalue weighted by Gasteiger charge is 2.45. The van der Waals surface area contributed by atoms with Crippen LogP contribution in [0, 0.1) is 11.8 Å². The number of carbonyl (C=O) groups excluding carboxylic acids is 2. The number of amides is 1. The van der Waals surface area contributed by atoms with Gasteiger partial charge in [0.05, 0.1) is 45.1 Å². The molecule has 29 heavy (non-hydrogen) atoms. The minimum absolute atomic E-state index is 0.0464. The van der Waals surface area contributed by atoms with E-state index in [-0.39, 0.29) is 30.5 Å². The van der Waals surface area contributed by atoms with E-state index in [1.54, 1.807) is 4.90 Å². The van der Waals surface area contributed by atoms with Crippen LogP contribution in [0.3, 0.4) is 0 Å². The van der Waals surface area contributed by atoms with Gasteiger partial charge >= 0.3 is 5.97 Å². The summed E-state index contributed by atoms with van der Waals surface area (Å²) >= 11 is 0. The van der Waals surface area contributed by atoms with Gasteiger partial charge in [0.25, 0.3) is 0 Å². The molecule has 1 aromatic carbocycles. The lowest BCUT2D eigenvalue weighted by atomic mass is 10.1. The number of likely N-dealkylation sites (tertiary alicyclic amines) is 1. The van der Waals surface area contributed by atoms with Gasteiger partial charge in [-0.05, 0) is 37.0 Å². The van der Waals surface area contributed by atoms with E-state index in [0.29, 0.717) is 25.3 Å². The SMILES string of the molecule is CCOC(=O)[C@H]1C[C@@H]1CN(CC[NH+]1CCCC1)C(=O)Cc1ccc2c(c1)OCO2. The Labute approximate surface area is 171 Å². The van der Waals surface area contributed by atoms with Crippen molar-refractivity contribution in [3.05, 3.63) is 23.8 Å². The minimum Gasteiger partial charge on any atom is -0.466 e. The highest BCUT2D eigenvalue weighted by Crippen LogP contribution is 2.40. The molecule has 1 saturated carbocycles. The molecule has 2 fully saturated rings. The smallest absolute Gasteiger partial charge is 0.309 e. The van der Waals surface area contributed by atoms with Gasteiger partial charge in [0, 0.05) is 19.4 Å². The third-order valence-electron chi connectivity index (χ3n) is 6.16. The number of quaternary nitrogens is 1. The first kappa shape index (κ1) is 20.0. The van der Waals surface area contributed by atoms with Crippen LogP contribution in [0.1, 0.15) is 31.7 Å². The summed E-state index contributed by atoms with van der Waals surface area (Å²) in [6.45, 7) is 7.21. The molecule has 1 N–H and O–H groups in total. The van der Waals surface area contributed by atoms with E-state index in [2.05, 4.69) is 0 Å². The lowest BCUT2D eigenvalue weighted by Gasteiger charge is -2.24. The van der Waals surface area contributed by atoms with Crippen LogP contribution in [0.2, 0.25) is 0 Å². The summed E-state index contributed by atoms with van der Waals surface area (Å²) in [6, 6.07) is 5.68. The summed E-state index contributed by atoms with van der Waals surface area (Å²) in [7, 11) is 0. The van der Waals surface area contributed by atoms with Gasteiger partial charge in [0.15, 0.2) is 11.5 Å². The summed E-state index contributed by atoms with van der Waals surface area (Å²) in [6.07, 6.45) is 3.70. The predicted octanol–water partition coefficient (Wildman–Crippen LogP) is 0.664. The van der Waals surface area contributed by atoms with Gasteiger partial charge in [-0.3, -0.25) is 9.59 Å². The molecule has 0 radical (unpaired) electrons. The van der Waals surface area contributed by atoms with Crippen LogP contribution in [-0.2, 0) is 20.7 Å². The fourth-order valence-corrected chi connectivity index (χ4v) is 4.34. The number of ether oxygens (including phenoxy) is 3. The monoisotopic (exact) mass is 403 g/mol. The molecule has 0 unspecified atom stereocenters. The molecule has 0 spiro atoms. The molecule has 1 amide bonds. The maximum Gasteiger partial charge on any atom is 0.309 e. The second kappa shape index (κ2) is 9.03. The molecule has 2 aliphatic heterocycles. The fraction of sp³-hybridized carbons (Fsp3) is 0.636. The van der Waals surface area contributed by atoms with Gasteiger partial charge in [-0.15, -0.1) is 0 Å². The molecule has 0 aromatic heterocycles. The number of nitrogens with zero attached hydrogens (tertiary/aromatic N) is 1. The molecule has 1 saturated heterocycles. The van der Waals surface area contributed by atoms with E-state index in [1.807, 2.05) is 30.0 Å². The number of hydrogen-bond acceptors (Lipinski definition) is 5. The summed E-state index contributed by atoms with van der Waals surface area (Å²) in [4.78, 5) is 28.6. The summed E-state index contributed by atoms with van der Waals surface area (Å²) < 4.78 is 15.9.